The summed E-state index contributed by atoms with van der Waals surface area (Å²) in [5, 5.41) is 3.38. The number of nitrogens with one attached hydrogen (secondary N) is 1. The SMILES string of the molecule is C[C@H](Oc1ccccc1Cl)C(=O)NCc1ccc(CN(C)C)cc1. The van der Waals surface area contributed by atoms with E-state index in [1.165, 1.54) is 5.56 Å². The molecule has 2 rings (SSSR count). The number of carbonyl (C=O) groups excluding carboxylic acids is 1. The number of para-hydroxylation sites is 1. The van der Waals surface area contributed by atoms with E-state index in [4.69, 9.17) is 16.3 Å². The van der Waals surface area contributed by atoms with Crippen molar-refractivity contribution in [3.05, 3.63) is 64.7 Å². The van der Waals surface area contributed by atoms with Crippen molar-refractivity contribution < 1.29 is 9.53 Å². The van der Waals surface area contributed by atoms with Gasteiger partial charge in [0.2, 0.25) is 0 Å². The lowest BCUT2D eigenvalue weighted by Gasteiger charge is -2.16. The minimum absolute atomic E-state index is 0.174. The van der Waals surface area contributed by atoms with Gasteiger partial charge in [0.25, 0.3) is 5.91 Å². The van der Waals surface area contributed by atoms with E-state index < -0.39 is 6.10 Å². The van der Waals surface area contributed by atoms with Crippen LogP contribution in [0.1, 0.15) is 18.1 Å². The molecule has 0 aliphatic heterocycles. The van der Waals surface area contributed by atoms with E-state index in [2.05, 4.69) is 22.3 Å². The smallest absolute Gasteiger partial charge is 0.261 e. The Morgan fingerprint density at radius 2 is 1.75 bits per heavy atom. The Kier molecular flexibility index (Phi) is 6.64. The Labute approximate surface area is 148 Å². The van der Waals surface area contributed by atoms with Crippen LogP contribution >= 0.6 is 11.6 Å². The van der Waals surface area contributed by atoms with Gasteiger partial charge in [0.05, 0.1) is 5.02 Å². The topological polar surface area (TPSA) is 41.6 Å². The molecular formula is C19H23ClN2O2. The number of amides is 1. The van der Waals surface area contributed by atoms with Crippen molar-refractivity contribution in [2.75, 3.05) is 14.1 Å². The first kappa shape index (κ1) is 18.3. The molecule has 0 saturated carbocycles. The van der Waals surface area contributed by atoms with Crippen LogP contribution in [0.2, 0.25) is 5.02 Å². The summed E-state index contributed by atoms with van der Waals surface area (Å²) in [6.45, 7) is 3.07. The fourth-order valence-corrected chi connectivity index (χ4v) is 2.43. The molecule has 0 heterocycles. The van der Waals surface area contributed by atoms with E-state index >= 15 is 0 Å². The van der Waals surface area contributed by atoms with Gasteiger partial charge in [-0.25, -0.2) is 0 Å². The molecule has 4 nitrogen and oxygen atoms in total. The second-order valence-electron chi connectivity index (χ2n) is 5.96. The lowest BCUT2D eigenvalue weighted by Crippen LogP contribution is -2.35. The maximum Gasteiger partial charge on any atom is 0.261 e. The van der Waals surface area contributed by atoms with Crippen LogP contribution in [0.15, 0.2) is 48.5 Å². The number of rotatable bonds is 7. The van der Waals surface area contributed by atoms with E-state index in [0.29, 0.717) is 17.3 Å². The van der Waals surface area contributed by atoms with Gasteiger partial charge < -0.3 is 15.0 Å². The molecule has 0 fully saturated rings. The van der Waals surface area contributed by atoms with Crippen LogP contribution in [-0.4, -0.2) is 31.0 Å². The van der Waals surface area contributed by atoms with Gasteiger partial charge in [-0.3, -0.25) is 4.79 Å². The summed E-state index contributed by atoms with van der Waals surface area (Å²) in [6.07, 6.45) is -0.613. The summed E-state index contributed by atoms with van der Waals surface area (Å²) in [4.78, 5) is 14.3. The molecule has 0 spiro atoms. The number of ether oxygens (including phenoxy) is 1. The largest absolute Gasteiger partial charge is 0.479 e. The van der Waals surface area contributed by atoms with Crippen molar-refractivity contribution in [1.29, 1.82) is 0 Å². The van der Waals surface area contributed by atoms with Gasteiger partial charge in [0.15, 0.2) is 6.10 Å². The summed E-state index contributed by atoms with van der Waals surface area (Å²) in [5.74, 6) is 0.335. The molecule has 0 aromatic heterocycles. The molecule has 24 heavy (non-hydrogen) atoms. The van der Waals surface area contributed by atoms with Crippen molar-refractivity contribution in [3.63, 3.8) is 0 Å². The Morgan fingerprint density at radius 1 is 1.12 bits per heavy atom. The van der Waals surface area contributed by atoms with Crippen LogP contribution in [0.5, 0.6) is 5.75 Å². The summed E-state index contributed by atoms with van der Waals surface area (Å²) in [6, 6.07) is 15.3. The Balaban J connectivity index is 1.85. The highest BCUT2D eigenvalue weighted by molar-refractivity contribution is 6.32. The van der Waals surface area contributed by atoms with Gasteiger partial charge in [-0.1, -0.05) is 48.0 Å². The van der Waals surface area contributed by atoms with Crippen molar-refractivity contribution in [2.24, 2.45) is 0 Å². The summed E-state index contributed by atoms with van der Waals surface area (Å²) in [7, 11) is 4.07. The zero-order chi connectivity index (χ0) is 17.5. The standard InChI is InChI=1S/C19H23ClN2O2/c1-14(24-18-7-5-4-6-17(18)20)19(23)21-12-15-8-10-16(11-9-15)13-22(2)3/h4-11,14H,12-13H2,1-3H3,(H,21,23)/t14-/m0/s1. The molecule has 1 N–H and O–H groups in total. The lowest BCUT2D eigenvalue weighted by atomic mass is 10.1. The molecule has 2 aromatic carbocycles. The average molecular weight is 347 g/mol. The molecule has 0 radical (unpaired) electrons. The van der Waals surface area contributed by atoms with Gasteiger partial charge in [0, 0.05) is 13.1 Å². The minimum Gasteiger partial charge on any atom is -0.479 e. The number of hydrogen-bond acceptors (Lipinski definition) is 3. The van der Waals surface area contributed by atoms with Gasteiger partial charge >= 0.3 is 0 Å². The normalized spacial score (nSPS) is 12.0. The van der Waals surface area contributed by atoms with E-state index in [1.54, 1.807) is 19.1 Å². The van der Waals surface area contributed by atoms with Gasteiger partial charge in [-0.15, -0.1) is 0 Å². The van der Waals surface area contributed by atoms with Crippen LogP contribution in [0.3, 0.4) is 0 Å². The number of benzene rings is 2. The van der Waals surface area contributed by atoms with Crippen molar-refractivity contribution in [3.8, 4) is 5.75 Å². The lowest BCUT2D eigenvalue weighted by molar-refractivity contribution is -0.127. The molecule has 0 aliphatic carbocycles. The maximum atomic E-state index is 12.2. The predicted octanol–water partition coefficient (Wildman–Crippen LogP) is 3.49. The van der Waals surface area contributed by atoms with Crippen LogP contribution in [-0.2, 0) is 17.9 Å². The second-order valence-corrected chi connectivity index (χ2v) is 6.37. The van der Waals surface area contributed by atoms with Crippen molar-refractivity contribution >= 4 is 17.5 Å². The van der Waals surface area contributed by atoms with Gasteiger partial charge in [0.1, 0.15) is 5.75 Å². The highest BCUT2D eigenvalue weighted by Gasteiger charge is 2.15. The molecule has 2 aromatic rings. The highest BCUT2D eigenvalue weighted by Crippen LogP contribution is 2.24. The zero-order valence-corrected chi connectivity index (χ0v) is 15.0. The first-order valence-electron chi connectivity index (χ1n) is 7.87. The fourth-order valence-electron chi connectivity index (χ4n) is 2.24. The third-order valence-electron chi connectivity index (χ3n) is 3.50. The van der Waals surface area contributed by atoms with Crippen molar-refractivity contribution in [1.82, 2.24) is 10.2 Å². The van der Waals surface area contributed by atoms with Crippen LogP contribution < -0.4 is 10.1 Å². The van der Waals surface area contributed by atoms with Crippen molar-refractivity contribution in [2.45, 2.75) is 26.1 Å². The van der Waals surface area contributed by atoms with Crippen LogP contribution in [0.25, 0.3) is 0 Å². The summed E-state index contributed by atoms with van der Waals surface area (Å²) < 4.78 is 5.61. The first-order valence-corrected chi connectivity index (χ1v) is 8.25. The molecule has 0 saturated heterocycles. The highest BCUT2D eigenvalue weighted by atomic mass is 35.5. The zero-order valence-electron chi connectivity index (χ0n) is 14.3. The Bertz CT molecular complexity index is 671. The predicted molar refractivity (Wildman–Crippen MR) is 97.2 cm³/mol. The molecule has 1 atom stereocenters. The number of nitrogens with zero attached hydrogens (tertiary/aromatic N) is 1. The second kappa shape index (κ2) is 8.71. The molecular weight excluding hydrogens is 324 g/mol. The number of hydrogen-bond donors (Lipinski definition) is 1. The van der Waals surface area contributed by atoms with E-state index in [9.17, 15) is 4.79 Å². The van der Waals surface area contributed by atoms with Crippen LogP contribution in [0.4, 0.5) is 0 Å². The van der Waals surface area contributed by atoms with E-state index in [0.717, 1.165) is 12.1 Å². The third kappa shape index (κ3) is 5.55. The monoisotopic (exact) mass is 346 g/mol. The Hall–Kier alpha value is -2.04. The molecule has 0 bridgehead atoms. The first-order chi connectivity index (χ1) is 11.5. The summed E-state index contributed by atoms with van der Waals surface area (Å²) >= 11 is 6.04. The maximum absolute atomic E-state index is 12.2. The molecule has 0 unspecified atom stereocenters. The fraction of sp³-hybridized carbons (Fsp3) is 0.316. The van der Waals surface area contributed by atoms with Crippen LogP contribution in [0, 0.1) is 0 Å². The van der Waals surface area contributed by atoms with E-state index in [1.807, 2.05) is 38.4 Å². The number of halogens is 1. The molecule has 5 heteroatoms. The molecule has 0 aliphatic rings. The number of carbonyl (C=O) groups is 1. The third-order valence-corrected chi connectivity index (χ3v) is 3.81. The summed E-state index contributed by atoms with van der Waals surface area (Å²) in [5.41, 5.74) is 2.29. The van der Waals surface area contributed by atoms with Gasteiger partial charge in [-0.05, 0) is 44.3 Å². The quantitative estimate of drug-likeness (QED) is 0.834. The Morgan fingerprint density at radius 3 is 2.38 bits per heavy atom. The molecule has 1 amide bonds. The van der Waals surface area contributed by atoms with Gasteiger partial charge in [-0.2, -0.15) is 0 Å². The average Bonchev–Trinajstić information content (AvgIpc) is 2.55. The molecule has 128 valence electrons. The minimum atomic E-state index is -0.613. The van der Waals surface area contributed by atoms with E-state index in [-0.39, 0.29) is 5.91 Å².